The van der Waals surface area contributed by atoms with Crippen molar-refractivity contribution in [1.29, 1.82) is 0 Å². The standard InChI is InChI=1S/C12H18F4N2O/c1-10(2,3)9(19)17-4-8(5-17)18-6-11(13,7-18)12(14,15)16/h8H,4-7H2,1-3H3. The maximum absolute atomic E-state index is 13.4. The minimum atomic E-state index is -4.80. The highest BCUT2D eigenvalue weighted by Gasteiger charge is 2.64. The summed E-state index contributed by atoms with van der Waals surface area (Å²) in [5, 5.41) is 0. The van der Waals surface area contributed by atoms with Crippen LogP contribution >= 0.6 is 0 Å². The molecule has 0 saturated carbocycles. The third-order valence-electron chi connectivity index (χ3n) is 3.72. The maximum Gasteiger partial charge on any atom is 0.425 e. The second-order valence-electron chi connectivity index (χ2n) is 6.48. The molecule has 0 unspecified atom stereocenters. The molecule has 2 heterocycles. The molecule has 2 aliphatic heterocycles. The van der Waals surface area contributed by atoms with Crippen molar-refractivity contribution in [2.75, 3.05) is 26.2 Å². The zero-order chi connectivity index (χ0) is 14.6. The number of likely N-dealkylation sites (tertiary alicyclic amines) is 2. The Morgan fingerprint density at radius 2 is 1.63 bits per heavy atom. The molecule has 0 aromatic carbocycles. The van der Waals surface area contributed by atoms with Crippen LogP contribution in [0.1, 0.15) is 20.8 Å². The first-order chi connectivity index (χ1) is 8.44. The number of carbonyl (C=O) groups excluding carboxylic acids is 1. The van der Waals surface area contributed by atoms with Gasteiger partial charge in [-0.05, 0) is 0 Å². The molecule has 0 spiro atoms. The fraction of sp³-hybridized carbons (Fsp3) is 0.917. The zero-order valence-corrected chi connectivity index (χ0v) is 11.2. The van der Waals surface area contributed by atoms with Gasteiger partial charge in [-0.25, -0.2) is 4.39 Å². The number of nitrogens with zero attached hydrogens (tertiary/aromatic N) is 2. The quantitative estimate of drug-likeness (QED) is 0.685. The summed E-state index contributed by atoms with van der Waals surface area (Å²) in [6.45, 7) is 4.94. The second kappa shape index (κ2) is 4.07. The van der Waals surface area contributed by atoms with E-state index in [-0.39, 0.29) is 11.9 Å². The van der Waals surface area contributed by atoms with Gasteiger partial charge < -0.3 is 4.90 Å². The molecule has 0 N–H and O–H groups in total. The Bertz CT molecular complexity index is 376. The summed E-state index contributed by atoms with van der Waals surface area (Å²) in [5.74, 6) is -0.0217. The van der Waals surface area contributed by atoms with Crippen LogP contribution in [0.15, 0.2) is 0 Å². The van der Waals surface area contributed by atoms with Gasteiger partial charge in [0.1, 0.15) is 0 Å². The summed E-state index contributed by atoms with van der Waals surface area (Å²) < 4.78 is 50.4. The van der Waals surface area contributed by atoms with Crippen LogP contribution in [0.2, 0.25) is 0 Å². The molecule has 19 heavy (non-hydrogen) atoms. The predicted molar refractivity (Wildman–Crippen MR) is 61.3 cm³/mol. The minimum absolute atomic E-state index is 0.0217. The lowest BCUT2D eigenvalue weighted by Gasteiger charge is -2.54. The molecular formula is C12H18F4N2O. The van der Waals surface area contributed by atoms with E-state index < -0.39 is 30.3 Å². The summed E-state index contributed by atoms with van der Waals surface area (Å²) >= 11 is 0. The van der Waals surface area contributed by atoms with Crippen LogP contribution in [0.3, 0.4) is 0 Å². The van der Waals surface area contributed by atoms with Crippen molar-refractivity contribution >= 4 is 5.91 Å². The number of hydrogen-bond acceptors (Lipinski definition) is 2. The highest BCUT2D eigenvalue weighted by Crippen LogP contribution is 2.42. The van der Waals surface area contributed by atoms with E-state index in [4.69, 9.17) is 0 Å². The largest absolute Gasteiger partial charge is 0.425 e. The van der Waals surface area contributed by atoms with Gasteiger partial charge in [0.2, 0.25) is 11.6 Å². The Kier molecular flexibility index (Phi) is 3.12. The van der Waals surface area contributed by atoms with Gasteiger partial charge in [0, 0.05) is 37.6 Å². The molecule has 0 aliphatic carbocycles. The topological polar surface area (TPSA) is 23.6 Å². The predicted octanol–water partition coefficient (Wildman–Crippen LogP) is 1.83. The Labute approximate surface area is 109 Å². The third-order valence-corrected chi connectivity index (χ3v) is 3.72. The normalized spacial score (nSPS) is 24.9. The van der Waals surface area contributed by atoms with Crippen molar-refractivity contribution in [1.82, 2.24) is 9.80 Å². The summed E-state index contributed by atoms with van der Waals surface area (Å²) in [7, 11) is 0. The Hall–Kier alpha value is -0.850. The minimum Gasteiger partial charge on any atom is -0.339 e. The molecular weight excluding hydrogens is 264 g/mol. The van der Waals surface area contributed by atoms with E-state index >= 15 is 0 Å². The average Bonchev–Trinajstić information content (AvgIpc) is 2.08. The van der Waals surface area contributed by atoms with Crippen LogP contribution in [0.5, 0.6) is 0 Å². The maximum atomic E-state index is 13.4. The van der Waals surface area contributed by atoms with Gasteiger partial charge in [0.05, 0.1) is 0 Å². The SMILES string of the molecule is CC(C)(C)C(=O)N1CC(N2CC(F)(C(F)(F)F)C2)C1. The molecule has 7 heteroatoms. The highest BCUT2D eigenvalue weighted by molar-refractivity contribution is 5.82. The van der Waals surface area contributed by atoms with E-state index in [9.17, 15) is 22.4 Å². The summed E-state index contributed by atoms with van der Waals surface area (Å²) in [6, 6.07) is -0.141. The van der Waals surface area contributed by atoms with Crippen LogP contribution < -0.4 is 0 Å². The molecule has 1 amide bonds. The monoisotopic (exact) mass is 282 g/mol. The van der Waals surface area contributed by atoms with Crippen molar-refractivity contribution in [2.24, 2.45) is 5.41 Å². The van der Waals surface area contributed by atoms with Crippen LogP contribution in [0.25, 0.3) is 0 Å². The highest BCUT2D eigenvalue weighted by atomic mass is 19.4. The van der Waals surface area contributed by atoms with Gasteiger partial charge >= 0.3 is 6.18 Å². The molecule has 110 valence electrons. The molecule has 3 nitrogen and oxygen atoms in total. The van der Waals surface area contributed by atoms with E-state index in [0.29, 0.717) is 13.1 Å². The first-order valence-electron chi connectivity index (χ1n) is 6.23. The number of amides is 1. The van der Waals surface area contributed by atoms with Gasteiger partial charge in [0.15, 0.2) is 0 Å². The Balaban J connectivity index is 1.80. The number of hydrogen-bond donors (Lipinski definition) is 0. The zero-order valence-electron chi connectivity index (χ0n) is 11.2. The lowest BCUT2D eigenvalue weighted by atomic mass is 9.88. The van der Waals surface area contributed by atoms with E-state index in [1.165, 1.54) is 4.90 Å². The van der Waals surface area contributed by atoms with E-state index in [0.717, 1.165) is 0 Å². The summed E-state index contributed by atoms with van der Waals surface area (Å²) in [4.78, 5) is 14.9. The fourth-order valence-electron chi connectivity index (χ4n) is 2.36. The van der Waals surface area contributed by atoms with Crippen molar-refractivity contribution in [3.05, 3.63) is 0 Å². The molecule has 2 saturated heterocycles. The molecule has 0 aromatic rings. The van der Waals surface area contributed by atoms with Crippen LogP contribution in [-0.4, -0.2) is 59.8 Å². The first-order valence-corrected chi connectivity index (χ1v) is 6.23. The number of rotatable bonds is 1. The Morgan fingerprint density at radius 3 is 2.00 bits per heavy atom. The lowest BCUT2D eigenvalue weighted by Crippen LogP contribution is -2.74. The fourth-order valence-corrected chi connectivity index (χ4v) is 2.36. The Morgan fingerprint density at radius 1 is 1.16 bits per heavy atom. The smallest absolute Gasteiger partial charge is 0.339 e. The molecule has 0 radical (unpaired) electrons. The van der Waals surface area contributed by atoms with Gasteiger partial charge in [-0.1, -0.05) is 20.8 Å². The van der Waals surface area contributed by atoms with E-state index in [1.54, 1.807) is 25.7 Å². The van der Waals surface area contributed by atoms with Crippen LogP contribution in [0.4, 0.5) is 17.6 Å². The molecule has 0 bridgehead atoms. The molecule has 2 rings (SSSR count). The average molecular weight is 282 g/mol. The van der Waals surface area contributed by atoms with Gasteiger partial charge in [-0.15, -0.1) is 0 Å². The number of carbonyl (C=O) groups is 1. The van der Waals surface area contributed by atoms with Crippen molar-refractivity contribution < 1.29 is 22.4 Å². The van der Waals surface area contributed by atoms with E-state index in [1.807, 2.05) is 0 Å². The lowest BCUT2D eigenvalue weighted by molar-refractivity contribution is -0.279. The van der Waals surface area contributed by atoms with Crippen LogP contribution in [0, 0.1) is 5.41 Å². The van der Waals surface area contributed by atoms with Gasteiger partial charge in [-0.3, -0.25) is 9.69 Å². The molecule has 2 aliphatic rings. The molecule has 0 aromatic heterocycles. The van der Waals surface area contributed by atoms with Crippen molar-refractivity contribution in [3.8, 4) is 0 Å². The van der Waals surface area contributed by atoms with Crippen LogP contribution in [-0.2, 0) is 4.79 Å². The second-order valence-corrected chi connectivity index (χ2v) is 6.48. The molecule has 2 fully saturated rings. The van der Waals surface area contributed by atoms with Gasteiger partial charge in [-0.2, -0.15) is 13.2 Å². The van der Waals surface area contributed by atoms with Crippen molar-refractivity contribution in [3.63, 3.8) is 0 Å². The third kappa shape index (κ3) is 2.44. The number of halogens is 4. The summed E-state index contributed by atoms with van der Waals surface area (Å²) in [5.41, 5.74) is -3.56. The first kappa shape index (κ1) is 14.6. The molecule has 0 atom stereocenters. The number of alkyl halides is 4. The summed E-state index contributed by atoms with van der Waals surface area (Å²) in [6.07, 6.45) is -4.80. The van der Waals surface area contributed by atoms with E-state index in [2.05, 4.69) is 0 Å². The van der Waals surface area contributed by atoms with Gasteiger partial charge in [0.25, 0.3) is 0 Å². The van der Waals surface area contributed by atoms with Crippen molar-refractivity contribution in [2.45, 2.75) is 38.7 Å².